The van der Waals surface area contributed by atoms with E-state index in [2.05, 4.69) is 10.6 Å². The Morgan fingerprint density at radius 2 is 2.20 bits per heavy atom. The Morgan fingerprint density at radius 1 is 1.47 bits per heavy atom. The summed E-state index contributed by atoms with van der Waals surface area (Å²) in [4.78, 5) is 11.5. The second-order valence-electron chi connectivity index (χ2n) is 2.99. The standard InChI is InChI=1S/C10H12FIN2O/c1-13-4-5-14-10(15)7-2-3-9(12)8(11)6-7/h2-3,6,13H,4-5H2,1H3,(H,14,15). The van der Waals surface area contributed by atoms with Crippen molar-refractivity contribution in [1.29, 1.82) is 0 Å². The minimum Gasteiger partial charge on any atom is -0.351 e. The van der Waals surface area contributed by atoms with E-state index in [1.165, 1.54) is 6.07 Å². The number of nitrogens with one attached hydrogen (secondary N) is 2. The maximum atomic E-state index is 13.1. The van der Waals surface area contributed by atoms with Gasteiger partial charge in [-0.3, -0.25) is 4.79 Å². The average Bonchev–Trinajstić information content (AvgIpc) is 2.22. The summed E-state index contributed by atoms with van der Waals surface area (Å²) in [6.45, 7) is 1.22. The summed E-state index contributed by atoms with van der Waals surface area (Å²) < 4.78 is 13.6. The van der Waals surface area contributed by atoms with Crippen molar-refractivity contribution in [2.24, 2.45) is 0 Å². The van der Waals surface area contributed by atoms with E-state index in [1.807, 2.05) is 22.6 Å². The lowest BCUT2D eigenvalue weighted by atomic mass is 10.2. The first-order valence-corrected chi connectivity index (χ1v) is 5.61. The number of benzene rings is 1. The van der Waals surface area contributed by atoms with Crippen LogP contribution in [0.2, 0.25) is 0 Å². The summed E-state index contributed by atoms with van der Waals surface area (Å²) in [5.41, 5.74) is 0.351. The number of carbonyl (C=O) groups excluding carboxylic acids is 1. The van der Waals surface area contributed by atoms with Gasteiger partial charge in [-0.05, 0) is 47.8 Å². The van der Waals surface area contributed by atoms with Gasteiger partial charge in [-0.2, -0.15) is 0 Å². The molecule has 3 nitrogen and oxygen atoms in total. The summed E-state index contributed by atoms with van der Waals surface area (Å²) in [5, 5.41) is 5.58. The lowest BCUT2D eigenvalue weighted by molar-refractivity contribution is 0.0953. The first-order chi connectivity index (χ1) is 7.15. The zero-order valence-corrected chi connectivity index (χ0v) is 10.5. The summed E-state index contributed by atoms with van der Waals surface area (Å²) >= 11 is 1.88. The van der Waals surface area contributed by atoms with E-state index in [-0.39, 0.29) is 11.7 Å². The van der Waals surface area contributed by atoms with Crippen molar-refractivity contribution in [1.82, 2.24) is 10.6 Å². The Balaban J connectivity index is 2.62. The van der Waals surface area contributed by atoms with Crippen LogP contribution in [0, 0.1) is 9.39 Å². The molecule has 1 rings (SSSR count). The summed E-state index contributed by atoms with van der Waals surface area (Å²) in [6.07, 6.45) is 0. The minimum atomic E-state index is -0.364. The molecule has 1 amide bonds. The second-order valence-corrected chi connectivity index (χ2v) is 4.15. The van der Waals surface area contributed by atoms with E-state index in [4.69, 9.17) is 0 Å². The fourth-order valence-electron chi connectivity index (χ4n) is 1.04. The molecular formula is C10H12FIN2O. The van der Waals surface area contributed by atoms with Gasteiger partial charge in [-0.1, -0.05) is 0 Å². The maximum Gasteiger partial charge on any atom is 0.251 e. The van der Waals surface area contributed by atoms with E-state index in [0.717, 1.165) is 0 Å². The molecule has 82 valence electrons. The van der Waals surface area contributed by atoms with Crippen LogP contribution in [0.1, 0.15) is 10.4 Å². The first-order valence-electron chi connectivity index (χ1n) is 4.53. The molecule has 1 aromatic carbocycles. The van der Waals surface area contributed by atoms with E-state index >= 15 is 0 Å². The zero-order chi connectivity index (χ0) is 11.3. The predicted octanol–water partition coefficient (Wildman–Crippen LogP) is 1.38. The molecule has 5 heteroatoms. The highest BCUT2D eigenvalue weighted by atomic mass is 127. The highest BCUT2D eigenvalue weighted by Crippen LogP contribution is 2.12. The van der Waals surface area contributed by atoms with Gasteiger partial charge in [0, 0.05) is 22.2 Å². The normalized spacial score (nSPS) is 10.1. The number of likely N-dealkylation sites (N-methyl/N-ethyl adjacent to an activating group) is 1. The molecule has 0 spiro atoms. The monoisotopic (exact) mass is 322 g/mol. The van der Waals surface area contributed by atoms with Crippen molar-refractivity contribution in [3.8, 4) is 0 Å². The third-order valence-corrected chi connectivity index (χ3v) is 2.72. The molecule has 0 heterocycles. The SMILES string of the molecule is CNCCNC(=O)c1ccc(I)c(F)c1. The third kappa shape index (κ3) is 3.75. The number of halogens is 2. The Kier molecular flexibility index (Phi) is 4.97. The van der Waals surface area contributed by atoms with Gasteiger partial charge in [0.1, 0.15) is 5.82 Å². The molecule has 0 aliphatic rings. The molecule has 0 saturated heterocycles. The molecule has 0 atom stereocenters. The molecule has 0 bridgehead atoms. The highest BCUT2D eigenvalue weighted by molar-refractivity contribution is 14.1. The van der Waals surface area contributed by atoms with Gasteiger partial charge in [0.05, 0.1) is 0 Å². The summed E-state index contributed by atoms with van der Waals surface area (Å²) in [6, 6.07) is 4.44. The Hall–Kier alpha value is -0.690. The molecule has 0 aliphatic heterocycles. The molecule has 15 heavy (non-hydrogen) atoms. The number of amides is 1. The molecule has 0 radical (unpaired) electrons. The van der Waals surface area contributed by atoms with Gasteiger partial charge >= 0.3 is 0 Å². The molecule has 2 N–H and O–H groups in total. The smallest absolute Gasteiger partial charge is 0.251 e. The molecule has 0 fully saturated rings. The second kappa shape index (κ2) is 6.02. The van der Waals surface area contributed by atoms with Crippen LogP contribution in [0.3, 0.4) is 0 Å². The Bertz CT molecular complexity index is 357. The van der Waals surface area contributed by atoms with E-state index < -0.39 is 0 Å². The van der Waals surface area contributed by atoms with Gasteiger partial charge in [0.15, 0.2) is 0 Å². The van der Waals surface area contributed by atoms with Crippen molar-refractivity contribution in [3.05, 3.63) is 33.1 Å². The van der Waals surface area contributed by atoms with Gasteiger partial charge < -0.3 is 10.6 Å². The predicted molar refractivity (Wildman–Crippen MR) is 65.4 cm³/mol. The molecular weight excluding hydrogens is 310 g/mol. The molecule has 0 aliphatic carbocycles. The van der Waals surface area contributed by atoms with Crippen LogP contribution in [-0.4, -0.2) is 26.0 Å². The Labute approximate surface area is 102 Å². The van der Waals surface area contributed by atoms with Crippen molar-refractivity contribution >= 4 is 28.5 Å². The molecule has 1 aromatic rings. The molecule has 0 aromatic heterocycles. The molecule has 0 saturated carbocycles. The number of rotatable bonds is 4. The van der Waals surface area contributed by atoms with Crippen molar-refractivity contribution in [2.75, 3.05) is 20.1 Å². The van der Waals surface area contributed by atoms with Gasteiger partial charge in [-0.15, -0.1) is 0 Å². The number of carbonyl (C=O) groups is 1. The van der Waals surface area contributed by atoms with Crippen LogP contribution >= 0.6 is 22.6 Å². The van der Waals surface area contributed by atoms with Crippen LogP contribution in [0.15, 0.2) is 18.2 Å². The average molecular weight is 322 g/mol. The largest absolute Gasteiger partial charge is 0.351 e. The van der Waals surface area contributed by atoms with Crippen LogP contribution in [0.5, 0.6) is 0 Å². The highest BCUT2D eigenvalue weighted by Gasteiger charge is 2.07. The van der Waals surface area contributed by atoms with E-state index in [0.29, 0.717) is 22.2 Å². The van der Waals surface area contributed by atoms with Gasteiger partial charge in [0.2, 0.25) is 0 Å². The maximum absolute atomic E-state index is 13.1. The number of hydrogen-bond donors (Lipinski definition) is 2. The van der Waals surface area contributed by atoms with Gasteiger partial charge in [0.25, 0.3) is 5.91 Å². The number of hydrogen-bond acceptors (Lipinski definition) is 2. The lowest BCUT2D eigenvalue weighted by Gasteiger charge is -2.05. The van der Waals surface area contributed by atoms with Crippen LogP contribution in [-0.2, 0) is 0 Å². The summed E-state index contributed by atoms with van der Waals surface area (Å²) in [5.74, 6) is -0.614. The van der Waals surface area contributed by atoms with Crippen LogP contribution < -0.4 is 10.6 Å². The lowest BCUT2D eigenvalue weighted by Crippen LogP contribution is -2.30. The van der Waals surface area contributed by atoms with Crippen LogP contribution in [0.25, 0.3) is 0 Å². The van der Waals surface area contributed by atoms with Crippen molar-refractivity contribution in [2.45, 2.75) is 0 Å². The van der Waals surface area contributed by atoms with E-state index in [1.54, 1.807) is 19.2 Å². The molecule has 0 unspecified atom stereocenters. The van der Waals surface area contributed by atoms with Crippen molar-refractivity contribution < 1.29 is 9.18 Å². The fraction of sp³-hybridized carbons (Fsp3) is 0.300. The summed E-state index contributed by atoms with van der Waals surface area (Å²) in [7, 11) is 1.80. The van der Waals surface area contributed by atoms with Crippen molar-refractivity contribution in [3.63, 3.8) is 0 Å². The van der Waals surface area contributed by atoms with Gasteiger partial charge in [-0.25, -0.2) is 4.39 Å². The first kappa shape index (κ1) is 12.4. The minimum absolute atomic E-state index is 0.249. The topological polar surface area (TPSA) is 41.1 Å². The zero-order valence-electron chi connectivity index (χ0n) is 8.31. The van der Waals surface area contributed by atoms with E-state index in [9.17, 15) is 9.18 Å². The third-order valence-electron chi connectivity index (χ3n) is 1.84. The van der Waals surface area contributed by atoms with Crippen LogP contribution in [0.4, 0.5) is 4.39 Å². The Morgan fingerprint density at radius 3 is 2.80 bits per heavy atom. The fourth-order valence-corrected chi connectivity index (χ4v) is 1.38. The quantitative estimate of drug-likeness (QED) is 0.650.